The van der Waals surface area contributed by atoms with E-state index in [9.17, 15) is 0 Å². The van der Waals surface area contributed by atoms with Crippen molar-refractivity contribution in [1.82, 2.24) is 14.6 Å². The molecule has 0 radical (unpaired) electrons. The molecule has 1 atom stereocenters. The Bertz CT molecular complexity index is 462. The molecule has 0 saturated carbocycles. The Morgan fingerprint density at radius 3 is 3.20 bits per heavy atom. The van der Waals surface area contributed by atoms with Crippen molar-refractivity contribution < 1.29 is 0 Å². The van der Waals surface area contributed by atoms with Crippen LogP contribution in [0.1, 0.15) is 13.3 Å². The van der Waals surface area contributed by atoms with Crippen LogP contribution in [0.4, 0.5) is 5.95 Å². The first-order valence-electron chi connectivity index (χ1n) is 4.81. The first kappa shape index (κ1) is 9.53. The van der Waals surface area contributed by atoms with Crippen LogP contribution >= 0.6 is 0 Å². The minimum Gasteiger partial charge on any atom is -0.350 e. The standard InChI is InChI=1S/C11H12N4/c1-3-6-9(2)12-11-13-10-7-4-5-8-15(10)14-11/h1,4-5,7-9H,6H2,2H3,(H,12,14). The predicted octanol–water partition coefficient (Wildman–Crippen LogP) is 1.55. The summed E-state index contributed by atoms with van der Waals surface area (Å²) in [6.45, 7) is 2.01. The van der Waals surface area contributed by atoms with Gasteiger partial charge in [-0.25, -0.2) is 4.52 Å². The Labute approximate surface area is 88.3 Å². The van der Waals surface area contributed by atoms with Gasteiger partial charge in [0.15, 0.2) is 5.65 Å². The van der Waals surface area contributed by atoms with Crippen LogP contribution in [0.15, 0.2) is 24.4 Å². The van der Waals surface area contributed by atoms with Gasteiger partial charge in [-0.15, -0.1) is 17.4 Å². The zero-order chi connectivity index (χ0) is 10.7. The number of hydrogen-bond donors (Lipinski definition) is 1. The average molecular weight is 200 g/mol. The van der Waals surface area contributed by atoms with Crippen molar-refractivity contribution in [1.29, 1.82) is 0 Å². The number of nitrogens with one attached hydrogen (secondary N) is 1. The summed E-state index contributed by atoms with van der Waals surface area (Å²) < 4.78 is 1.73. The molecular formula is C11H12N4. The lowest BCUT2D eigenvalue weighted by Gasteiger charge is -2.06. The molecule has 0 spiro atoms. The Hall–Kier alpha value is -2.02. The van der Waals surface area contributed by atoms with E-state index < -0.39 is 0 Å². The maximum absolute atomic E-state index is 5.22. The van der Waals surface area contributed by atoms with Crippen LogP contribution in [0.25, 0.3) is 5.65 Å². The molecule has 1 N–H and O–H groups in total. The summed E-state index contributed by atoms with van der Waals surface area (Å²) in [5.74, 6) is 3.21. The number of anilines is 1. The number of fused-ring (bicyclic) bond motifs is 1. The lowest BCUT2D eigenvalue weighted by atomic mass is 10.2. The molecule has 15 heavy (non-hydrogen) atoms. The monoisotopic (exact) mass is 200 g/mol. The van der Waals surface area contributed by atoms with Gasteiger partial charge < -0.3 is 5.32 Å². The van der Waals surface area contributed by atoms with Crippen molar-refractivity contribution >= 4 is 11.6 Å². The topological polar surface area (TPSA) is 42.2 Å². The molecule has 1 unspecified atom stereocenters. The molecule has 0 aliphatic heterocycles. The van der Waals surface area contributed by atoms with E-state index in [0.29, 0.717) is 12.4 Å². The smallest absolute Gasteiger partial charge is 0.243 e. The lowest BCUT2D eigenvalue weighted by molar-refractivity contribution is 0.809. The third-order valence-corrected chi connectivity index (χ3v) is 2.04. The summed E-state index contributed by atoms with van der Waals surface area (Å²) in [7, 11) is 0. The first-order valence-corrected chi connectivity index (χ1v) is 4.81. The molecule has 0 aromatic carbocycles. The molecule has 2 rings (SSSR count). The summed E-state index contributed by atoms with van der Waals surface area (Å²) in [6.07, 6.45) is 7.74. The van der Waals surface area contributed by atoms with Crippen molar-refractivity contribution in [2.24, 2.45) is 0 Å². The molecule has 0 fully saturated rings. The largest absolute Gasteiger partial charge is 0.350 e. The second-order valence-corrected chi connectivity index (χ2v) is 3.39. The van der Waals surface area contributed by atoms with Gasteiger partial charge in [0.25, 0.3) is 0 Å². The van der Waals surface area contributed by atoms with Crippen LogP contribution in [0.3, 0.4) is 0 Å². The molecule has 2 aromatic heterocycles. The fourth-order valence-corrected chi connectivity index (χ4v) is 1.34. The zero-order valence-corrected chi connectivity index (χ0v) is 8.51. The molecule has 4 nitrogen and oxygen atoms in total. The van der Waals surface area contributed by atoms with Crippen LogP contribution in [-0.4, -0.2) is 20.6 Å². The molecule has 4 heteroatoms. The summed E-state index contributed by atoms with van der Waals surface area (Å²) in [6, 6.07) is 5.94. The Kier molecular flexibility index (Phi) is 2.55. The SMILES string of the molecule is C#CCC(C)Nc1nc2ccccn2n1. The molecule has 0 amide bonds. The zero-order valence-electron chi connectivity index (χ0n) is 8.51. The molecule has 0 aliphatic rings. The normalized spacial score (nSPS) is 12.3. The van der Waals surface area contributed by atoms with Crippen molar-refractivity contribution in [2.45, 2.75) is 19.4 Å². The number of hydrogen-bond acceptors (Lipinski definition) is 3. The van der Waals surface area contributed by atoms with Crippen LogP contribution < -0.4 is 5.32 Å². The average Bonchev–Trinajstić information content (AvgIpc) is 2.59. The molecule has 2 aromatic rings. The van der Waals surface area contributed by atoms with Gasteiger partial charge in [0.05, 0.1) is 0 Å². The highest BCUT2D eigenvalue weighted by Crippen LogP contribution is 2.06. The van der Waals surface area contributed by atoms with Gasteiger partial charge in [-0.2, -0.15) is 4.98 Å². The highest BCUT2D eigenvalue weighted by Gasteiger charge is 2.05. The summed E-state index contributed by atoms with van der Waals surface area (Å²) in [5.41, 5.74) is 0.827. The van der Waals surface area contributed by atoms with Crippen LogP contribution in [-0.2, 0) is 0 Å². The number of aromatic nitrogens is 3. The molecule has 2 heterocycles. The maximum atomic E-state index is 5.22. The van der Waals surface area contributed by atoms with Gasteiger partial charge in [0.1, 0.15) is 0 Å². The van der Waals surface area contributed by atoms with Gasteiger partial charge >= 0.3 is 0 Å². The van der Waals surface area contributed by atoms with E-state index in [-0.39, 0.29) is 6.04 Å². The van der Waals surface area contributed by atoms with Gasteiger partial charge in [-0.05, 0) is 19.1 Å². The van der Waals surface area contributed by atoms with Crippen molar-refractivity contribution in [3.05, 3.63) is 24.4 Å². The minimum atomic E-state index is 0.187. The van der Waals surface area contributed by atoms with E-state index in [1.165, 1.54) is 0 Å². The second kappa shape index (κ2) is 4.01. The van der Waals surface area contributed by atoms with Crippen LogP contribution in [0, 0.1) is 12.3 Å². The second-order valence-electron chi connectivity index (χ2n) is 3.39. The number of rotatable bonds is 3. The minimum absolute atomic E-state index is 0.187. The Morgan fingerprint density at radius 1 is 1.60 bits per heavy atom. The summed E-state index contributed by atoms with van der Waals surface area (Å²) in [5, 5.41) is 7.41. The number of pyridine rings is 1. The Balaban J connectivity index is 2.19. The molecule has 0 bridgehead atoms. The lowest BCUT2D eigenvalue weighted by Crippen LogP contribution is -2.15. The van der Waals surface area contributed by atoms with E-state index in [1.807, 2.05) is 31.3 Å². The van der Waals surface area contributed by atoms with Gasteiger partial charge in [0, 0.05) is 18.7 Å². The summed E-state index contributed by atoms with van der Waals surface area (Å²) in [4.78, 5) is 4.31. The van der Waals surface area contributed by atoms with E-state index in [1.54, 1.807) is 4.52 Å². The predicted molar refractivity (Wildman–Crippen MR) is 59.5 cm³/mol. The Morgan fingerprint density at radius 2 is 2.47 bits per heavy atom. The first-order chi connectivity index (χ1) is 7.29. The highest BCUT2D eigenvalue weighted by molar-refractivity contribution is 5.43. The maximum Gasteiger partial charge on any atom is 0.243 e. The van der Waals surface area contributed by atoms with E-state index >= 15 is 0 Å². The van der Waals surface area contributed by atoms with Crippen molar-refractivity contribution in [3.8, 4) is 12.3 Å². The van der Waals surface area contributed by atoms with Crippen LogP contribution in [0.5, 0.6) is 0 Å². The molecule has 76 valence electrons. The van der Waals surface area contributed by atoms with Crippen molar-refractivity contribution in [2.75, 3.05) is 5.32 Å². The third kappa shape index (κ3) is 2.08. The fraction of sp³-hybridized carbons (Fsp3) is 0.273. The van der Waals surface area contributed by atoms with Gasteiger partial charge in [0.2, 0.25) is 5.95 Å². The quantitative estimate of drug-likeness (QED) is 0.764. The molecule has 0 saturated heterocycles. The van der Waals surface area contributed by atoms with Crippen molar-refractivity contribution in [3.63, 3.8) is 0 Å². The number of terminal acetylenes is 1. The third-order valence-electron chi connectivity index (χ3n) is 2.04. The van der Waals surface area contributed by atoms with Gasteiger partial charge in [-0.1, -0.05) is 6.07 Å². The van der Waals surface area contributed by atoms with E-state index in [0.717, 1.165) is 5.65 Å². The fourth-order valence-electron chi connectivity index (χ4n) is 1.34. The molecule has 0 aliphatic carbocycles. The highest BCUT2D eigenvalue weighted by atomic mass is 15.3. The summed E-state index contributed by atoms with van der Waals surface area (Å²) >= 11 is 0. The van der Waals surface area contributed by atoms with E-state index in [2.05, 4.69) is 21.3 Å². The van der Waals surface area contributed by atoms with E-state index in [4.69, 9.17) is 6.42 Å². The van der Waals surface area contributed by atoms with Gasteiger partial charge in [-0.3, -0.25) is 0 Å². The van der Waals surface area contributed by atoms with Crippen LogP contribution in [0.2, 0.25) is 0 Å². The number of nitrogens with zero attached hydrogens (tertiary/aromatic N) is 3. The molecular weight excluding hydrogens is 188 g/mol.